The zero-order valence-corrected chi connectivity index (χ0v) is 29.2. The second-order valence-electron chi connectivity index (χ2n) is 13.7. The van der Waals surface area contributed by atoms with Crippen molar-refractivity contribution in [2.75, 3.05) is 0 Å². The summed E-state index contributed by atoms with van der Waals surface area (Å²) in [5, 5.41) is 25.2. The monoisotopic (exact) mass is 706 g/mol. The average Bonchev–Trinajstić information content (AvgIpc) is 3.68. The minimum absolute atomic E-state index is 0.0950. The van der Waals surface area contributed by atoms with Gasteiger partial charge in [-0.05, 0) is 97.8 Å². The normalized spacial score (nSPS) is 11.8. The number of nitriles is 2. The van der Waals surface area contributed by atoms with Gasteiger partial charge in [0.2, 0.25) is 0 Å². The van der Waals surface area contributed by atoms with Crippen molar-refractivity contribution < 1.29 is 13.2 Å². The standard InChI is InChI=1S/C47H29F3N4/c1-28-14-19-42-37(22-28)35-9-3-5-11-40(35)53(42)44-21-16-30(34-18-17-33(47(48,49)50)24-32(34)27-52)25-39(44)46-31(26-51)8-7-13-45(46)54-41-12-6-4-10-36(41)38-23-29(2)15-20-43(38)54/h3-25H,1-2H3. The maximum absolute atomic E-state index is 13.8. The Morgan fingerprint density at radius 1 is 0.481 bits per heavy atom. The first-order valence-electron chi connectivity index (χ1n) is 17.5. The van der Waals surface area contributed by atoms with Crippen molar-refractivity contribution in [2.45, 2.75) is 20.0 Å². The van der Waals surface area contributed by atoms with Crippen LogP contribution < -0.4 is 0 Å². The van der Waals surface area contributed by atoms with Crippen LogP contribution in [0.1, 0.15) is 27.8 Å². The molecule has 0 radical (unpaired) electrons. The van der Waals surface area contributed by atoms with Gasteiger partial charge in [0.25, 0.3) is 0 Å². The van der Waals surface area contributed by atoms with E-state index in [0.29, 0.717) is 27.8 Å². The fraction of sp³-hybridized carbons (Fsp3) is 0.0638. The summed E-state index contributed by atoms with van der Waals surface area (Å²) in [5.74, 6) is 0. The van der Waals surface area contributed by atoms with E-state index in [9.17, 15) is 23.7 Å². The van der Waals surface area contributed by atoms with Crippen molar-refractivity contribution in [3.63, 3.8) is 0 Å². The summed E-state index contributed by atoms with van der Waals surface area (Å²) >= 11 is 0. The quantitative estimate of drug-likeness (QED) is 0.183. The second-order valence-corrected chi connectivity index (χ2v) is 13.7. The topological polar surface area (TPSA) is 57.4 Å². The number of benzene rings is 7. The Labute approximate surface area is 308 Å². The van der Waals surface area contributed by atoms with Crippen molar-refractivity contribution in [2.24, 2.45) is 0 Å². The number of alkyl halides is 3. The number of halogens is 3. The predicted molar refractivity (Wildman–Crippen MR) is 210 cm³/mol. The van der Waals surface area contributed by atoms with Gasteiger partial charge in [0, 0.05) is 32.7 Å². The zero-order valence-electron chi connectivity index (χ0n) is 29.2. The number of para-hydroxylation sites is 2. The molecule has 0 atom stereocenters. The summed E-state index contributed by atoms with van der Waals surface area (Å²) in [6, 6.07) is 48.1. The van der Waals surface area contributed by atoms with E-state index in [1.165, 1.54) is 6.07 Å². The lowest BCUT2D eigenvalue weighted by atomic mass is 9.91. The number of nitrogens with zero attached hydrogens (tertiary/aromatic N) is 4. The summed E-state index contributed by atoms with van der Waals surface area (Å²) in [4.78, 5) is 0. The van der Waals surface area contributed by atoms with Gasteiger partial charge >= 0.3 is 6.18 Å². The van der Waals surface area contributed by atoms with Crippen molar-refractivity contribution >= 4 is 43.6 Å². The Kier molecular flexibility index (Phi) is 7.44. The van der Waals surface area contributed by atoms with Crippen molar-refractivity contribution in [3.8, 4) is 45.8 Å². The van der Waals surface area contributed by atoms with Gasteiger partial charge in [-0.25, -0.2) is 0 Å². The first kappa shape index (κ1) is 32.8. The molecule has 0 aliphatic rings. The van der Waals surface area contributed by atoms with E-state index in [2.05, 4.69) is 89.7 Å². The fourth-order valence-electron chi connectivity index (χ4n) is 7.96. The number of fused-ring (bicyclic) bond motifs is 6. The van der Waals surface area contributed by atoms with Crippen LogP contribution in [0.15, 0.2) is 140 Å². The molecule has 0 amide bonds. The van der Waals surface area contributed by atoms with Crippen LogP contribution in [0.3, 0.4) is 0 Å². The Morgan fingerprint density at radius 2 is 1.06 bits per heavy atom. The number of hydrogen-bond acceptors (Lipinski definition) is 2. The predicted octanol–water partition coefficient (Wildman–Crippen LogP) is 12.6. The van der Waals surface area contributed by atoms with Crippen molar-refractivity contribution in [3.05, 3.63) is 167 Å². The van der Waals surface area contributed by atoms with E-state index < -0.39 is 11.7 Å². The maximum Gasteiger partial charge on any atom is 0.416 e. The molecule has 2 aromatic heterocycles. The lowest BCUT2D eigenvalue weighted by Gasteiger charge is -2.21. The molecule has 9 rings (SSSR count). The molecule has 258 valence electrons. The summed E-state index contributed by atoms with van der Waals surface area (Å²) in [6.07, 6.45) is -4.60. The summed E-state index contributed by atoms with van der Waals surface area (Å²) in [5.41, 5.74) is 9.34. The van der Waals surface area contributed by atoms with Crippen LogP contribution in [0, 0.1) is 36.5 Å². The Morgan fingerprint density at radius 3 is 1.65 bits per heavy atom. The molecule has 0 saturated heterocycles. The van der Waals surface area contributed by atoms with Crippen LogP contribution in [-0.2, 0) is 6.18 Å². The third kappa shape index (κ3) is 5.05. The van der Waals surface area contributed by atoms with Gasteiger partial charge in [-0.1, -0.05) is 77.9 Å². The van der Waals surface area contributed by atoms with Crippen LogP contribution in [0.4, 0.5) is 13.2 Å². The van der Waals surface area contributed by atoms with Gasteiger partial charge in [0.05, 0.1) is 62.3 Å². The van der Waals surface area contributed by atoms with Crippen LogP contribution in [0.2, 0.25) is 0 Å². The second kappa shape index (κ2) is 12.3. The van der Waals surface area contributed by atoms with Gasteiger partial charge in [-0.3, -0.25) is 0 Å². The van der Waals surface area contributed by atoms with E-state index in [4.69, 9.17) is 0 Å². The first-order chi connectivity index (χ1) is 26.2. The Bertz CT molecular complexity index is 3090. The number of aromatic nitrogens is 2. The highest BCUT2D eigenvalue weighted by atomic mass is 19.4. The molecule has 4 nitrogen and oxygen atoms in total. The molecule has 0 fully saturated rings. The van der Waals surface area contributed by atoms with Crippen LogP contribution in [0.5, 0.6) is 0 Å². The smallest absolute Gasteiger partial charge is 0.309 e. The zero-order chi connectivity index (χ0) is 37.3. The lowest BCUT2D eigenvalue weighted by Crippen LogP contribution is -2.06. The molecule has 0 N–H and O–H groups in total. The first-order valence-corrected chi connectivity index (χ1v) is 17.5. The SMILES string of the molecule is Cc1ccc2c(c1)c1ccccc1n2-c1ccc(-c2ccc(C(F)(F)F)cc2C#N)cc1-c1c(C#N)cccc1-n1c2ccccc2c2cc(C)ccc21. The number of rotatable bonds is 4. The van der Waals surface area contributed by atoms with E-state index in [1.54, 1.807) is 6.07 Å². The molecular formula is C47H29F3N4. The maximum atomic E-state index is 13.8. The molecule has 0 unspecified atom stereocenters. The van der Waals surface area contributed by atoms with Gasteiger partial charge < -0.3 is 9.13 Å². The van der Waals surface area contributed by atoms with Crippen molar-refractivity contribution in [1.29, 1.82) is 10.5 Å². The summed E-state index contributed by atoms with van der Waals surface area (Å²) in [6.45, 7) is 4.13. The van der Waals surface area contributed by atoms with Crippen LogP contribution >= 0.6 is 0 Å². The molecule has 9 aromatic rings. The average molecular weight is 707 g/mol. The van der Waals surface area contributed by atoms with Gasteiger partial charge in [-0.15, -0.1) is 0 Å². The minimum Gasteiger partial charge on any atom is -0.309 e. The van der Waals surface area contributed by atoms with E-state index in [0.717, 1.165) is 78.2 Å². The van der Waals surface area contributed by atoms with E-state index in [-0.39, 0.29) is 5.56 Å². The lowest BCUT2D eigenvalue weighted by molar-refractivity contribution is -0.137. The molecule has 7 heteroatoms. The fourth-order valence-corrected chi connectivity index (χ4v) is 7.96. The molecule has 2 heterocycles. The Hall–Kier alpha value is -7.09. The molecule has 0 aliphatic carbocycles. The van der Waals surface area contributed by atoms with Gasteiger partial charge in [0.15, 0.2) is 0 Å². The molecule has 7 aromatic carbocycles. The molecule has 0 spiro atoms. The molecule has 54 heavy (non-hydrogen) atoms. The molecular weight excluding hydrogens is 678 g/mol. The Balaban J connectivity index is 1.43. The number of hydrogen-bond donors (Lipinski definition) is 0. The summed E-state index contributed by atoms with van der Waals surface area (Å²) < 4.78 is 45.7. The summed E-state index contributed by atoms with van der Waals surface area (Å²) in [7, 11) is 0. The van der Waals surface area contributed by atoms with E-state index in [1.807, 2.05) is 60.7 Å². The molecule has 0 aliphatic heterocycles. The highest BCUT2D eigenvalue weighted by molar-refractivity contribution is 6.12. The van der Waals surface area contributed by atoms with Gasteiger partial charge in [-0.2, -0.15) is 23.7 Å². The highest BCUT2D eigenvalue weighted by Gasteiger charge is 2.31. The molecule has 0 bridgehead atoms. The van der Waals surface area contributed by atoms with Crippen LogP contribution in [0.25, 0.3) is 77.2 Å². The minimum atomic E-state index is -4.60. The third-order valence-corrected chi connectivity index (χ3v) is 10.3. The molecule has 0 saturated carbocycles. The number of aryl methyl sites for hydroxylation is 2. The van der Waals surface area contributed by atoms with Crippen molar-refractivity contribution in [1.82, 2.24) is 9.13 Å². The highest BCUT2D eigenvalue weighted by Crippen LogP contribution is 2.44. The largest absolute Gasteiger partial charge is 0.416 e. The van der Waals surface area contributed by atoms with Crippen LogP contribution in [-0.4, -0.2) is 9.13 Å². The van der Waals surface area contributed by atoms with E-state index >= 15 is 0 Å². The third-order valence-electron chi connectivity index (χ3n) is 10.3. The van der Waals surface area contributed by atoms with Gasteiger partial charge in [0.1, 0.15) is 0 Å².